The number of carbonyl (C=O) groups excluding carboxylic acids is 2. The summed E-state index contributed by atoms with van der Waals surface area (Å²) in [6.07, 6.45) is 9.66. The number of hydrogen-bond acceptors (Lipinski definition) is 4. The van der Waals surface area contributed by atoms with Crippen molar-refractivity contribution in [1.29, 1.82) is 0 Å². The van der Waals surface area contributed by atoms with Crippen LogP contribution in [0.4, 0.5) is 0 Å². The van der Waals surface area contributed by atoms with E-state index in [1.165, 1.54) is 6.42 Å². The Balaban J connectivity index is 2.38. The molecule has 4 nitrogen and oxygen atoms in total. The summed E-state index contributed by atoms with van der Waals surface area (Å²) in [5.41, 5.74) is -1.08. The first-order chi connectivity index (χ1) is 16.7. The summed E-state index contributed by atoms with van der Waals surface area (Å²) in [6, 6.07) is 0. The van der Waals surface area contributed by atoms with Crippen LogP contribution in [0.3, 0.4) is 0 Å². The first-order valence-corrected chi connectivity index (χ1v) is 14.8. The smallest absolute Gasteiger partial charge is 0.167 e. The second-order valence-corrected chi connectivity index (χ2v) is 15.7. The van der Waals surface area contributed by atoms with Gasteiger partial charge in [-0.1, -0.05) is 68.7 Å². The number of carbonyl (C=O) groups is 2. The zero-order chi connectivity index (χ0) is 28.7. The molecule has 2 fully saturated rings. The Bertz CT molecular complexity index is 877. The van der Waals surface area contributed by atoms with Gasteiger partial charge in [0.15, 0.2) is 5.78 Å². The van der Waals surface area contributed by atoms with Crippen LogP contribution in [0.15, 0.2) is 11.8 Å². The van der Waals surface area contributed by atoms with Gasteiger partial charge < -0.3 is 15.0 Å². The molecule has 5 atom stereocenters. The van der Waals surface area contributed by atoms with Crippen LogP contribution < -0.4 is 0 Å². The molecule has 2 saturated carbocycles. The Morgan fingerprint density at radius 3 is 2.08 bits per heavy atom. The van der Waals surface area contributed by atoms with E-state index in [0.717, 1.165) is 51.2 Å². The van der Waals surface area contributed by atoms with Gasteiger partial charge in [-0.05, 0) is 98.7 Å². The van der Waals surface area contributed by atoms with Gasteiger partial charge in [0.25, 0.3) is 0 Å². The zero-order valence-corrected chi connectivity index (χ0v) is 26.0. The van der Waals surface area contributed by atoms with E-state index in [2.05, 4.69) is 48.5 Å². The average Bonchev–Trinajstić information content (AvgIpc) is 2.76. The molecule has 2 aliphatic rings. The third-order valence-electron chi connectivity index (χ3n) is 11.4. The van der Waals surface area contributed by atoms with Crippen molar-refractivity contribution >= 4 is 11.6 Å². The van der Waals surface area contributed by atoms with Gasteiger partial charge in [0.1, 0.15) is 5.78 Å². The molecule has 4 heteroatoms. The Labute approximate surface area is 228 Å². The largest absolute Gasteiger partial charge is 0.515 e. The normalized spacial score (nSPS) is 33.2. The van der Waals surface area contributed by atoms with Crippen LogP contribution in [0, 0.1) is 38.9 Å². The minimum atomic E-state index is -0.720. The number of aliphatic hydroxyl groups excluding tert-OH is 1. The molecule has 0 unspecified atom stereocenters. The van der Waals surface area contributed by atoms with Crippen LogP contribution in [-0.4, -0.2) is 27.4 Å². The highest BCUT2D eigenvalue weighted by Crippen LogP contribution is 2.69. The van der Waals surface area contributed by atoms with E-state index in [1.54, 1.807) is 6.92 Å². The number of aliphatic hydroxyl groups is 2. The van der Waals surface area contributed by atoms with Crippen molar-refractivity contribution in [3.05, 3.63) is 11.8 Å². The lowest BCUT2D eigenvalue weighted by atomic mass is 9.38. The molecule has 0 aliphatic heterocycles. The summed E-state index contributed by atoms with van der Waals surface area (Å²) in [6.45, 7) is 23.8. The quantitative estimate of drug-likeness (QED) is 0.212. The molecular formula is C33H58O4. The summed E-state index contributed by atoms with van der Waals surface area (Å²) >= 11 is 0. The van der Waals surface area contributed by atoms with Gasteiger partial charge in [-0.3, -0.25) is 4.79 Å². The van der Waals surface area contributed by atoms with E-state index in [1.807, 2.05) is 20.8 Å². The van der Waals surface area contributed by atoms with Crippen molar-refractivity contribution in [2.24, 2.45) is 38.9 Å². The van der Waals surface area contributed by atoms with Crippen LogP contribution in [0.1, 0.15) is 140 Å². The maximum absolute atomic E-state index is 13.2. The molecule has 0 radical (unpaired) electrons. The molecule has 214 valence electrons. The van der Waals surface area contributed by atoms with Gasteiger partial charge in [-0.25, -0.2) is 0 Å². The van der Waals surface area contributed by atoms with E-state index in [4.69, 9.17) is 0 Å². The van der Waals surface area contributed by atoms with E-state index in [-0.39, 0.29) is 45.1 Å². The maximum atomic E-state index is 13.2. The van der Waals surface area contributed by atoms with Crippen LogP contribution in [0.25, 0.3) is 0 Å². The van der Waals surface area contributed by atoms with Gasteiger partial charge in [-0.15, -0.1) is 0 Å². The summed E-state index contributed by atoms with van der Waals surface area (Å²) < 4.78 is 0. The standard InChI is InChI=1S/C33H58O4/c1-12-14-28(3,4)16-18-31(9,37)19-17-29(5,6)33(11)15-13-25-30(7,8)27(36)24(22-34)21-32(25,10)26(33)20-23(2)35/h22,25-26,34,37H,12-21H2,1-11H3/b24-22+/t25-,26+,31-,32-,33+/m0/s1. The molecule has 2 aliphatic carbocycles. The predicted molar refractivity (Wildman–Crippen MR) is 153 cm³/mol. The fourth-order valence-electron chi connectivity index (χ4n) is 8.48. The fraction of sp³-hybridized carbons (Fsp3) is 0.879. The third-order valence-corrected chi connectivity index (χ3v) is 11.4. The molecule has 0 heterocycles. The number of hydrogen-bond donors (Lipinski definition) is 2. The lowest BCUT2D eigenvalue weighted by molar-refractivity contribution is -0.173. The number of rotatable bonds is 11. The Hall–Kier alpha value is -1.16. The number of fused-ring (bicyclic) bond motifs is 1. The van der Waals surface area contributed by atoms with Crippen molar-refractivity contribution in [3.63, 3.8) is 0 Å². The SMILES string of the molecule is CCCC(C)(C)CC[C@](C)(O)CCC(C)(C)[C@]1(C)CC[C@H]2C(C)(C)C(=O)/C(=C/O)C[C@]2(C)[C@H]1CC(C)=O. The predicted octanol–water partition coefficient (Wildman–Crippen LogP) is 8.61. The van der Waals surface area contributed by atoms with Gasteiger partial charge in [0.05, 0.1) is 11.9 Å². The summed E-state index contributed by atoms with van der Waals surface area (Å²) in [7, 11) is 0. The molecule has 2 rings (SSSR count). The monoisotopic (exact) mass is 518 g/mol. The zero-order valence-electron chi connectivity index (χ0n) is 26.0. The minimum absolute atomic E-state index is 0.0453. The van der Waals surface area contributed by atoms with E-state index in [0.29, 0.717) is 18.4 Å². The summed E-state index contributed by atoms with van der Waals surface area (Å²) in [5, 5.41) is 21.4. The van der Waals surface area contributed by atoms with Gasteiger partial charge in [0, 0.05) is 17.4 Å². The lowest BCUT2D eigenvalue weighted by Crippen LogP contribution is -2.61. The topological polar surface area (TPSA) is 74.6 Å². The molecule has 0 saturated heterocycles. The van der Waals surface area contributed by atoms with Crippen LogP contribution in [-0.2, 0) is 9.59 Å². The maximum Gasteiger partial charge on any atom is 0.167 e. The van der Waals surface area contributed by atoms with Crippen molar-refractivity contribution < 1.29 is 19.8 Å². The van der Waals surface area contributed by atoms with Crippen LogP contribution in [0.2, 0.25) is 0 Å². The summed E-state index contributed by atoms with van der Waals surface area (Å²) in [4.78, 5) is 25.9. The second-order valence-electron chi connectivity index (χ2n) is 15.7. The lowest BCUT2D eigenvalue weighted by Gasteiger charge is -2.65. The van der Waals surface area contributed by atoms with Gasteiger partial charge in [0.2, 0.25) is 0 Å². The number of Topliss-reactive ketones (excluding diaryl/α,β-unsaturated/α-hetero) is 2. The molecular weight excluding hydrogens is 460 g/mol. The van der Waals surface area contributed by atoms with Crippen molar-refractivity contribution in [2.75, 3.05) is 0 Å². The fourth-order valence-corrected chi connectivity index (χ4v) is 8.48. The minimum Gasteiger partial charge on any atom is -0.515 e. The average molecular weight is 519 g/mol. The summed E-state index contributed by atoms with van der Waals surface area (Å²) in [5.74, 6) is 0.475. The molecule has 0 aromatic carbocycles. The molecule has 0 aromatic heterocycles. The number of ketones is 2. The second kappa shape index (κ2) is 10.8. The Morgan fingerprint density at radius 2 is 1.57 bits per heavy atom. The van der Waals surface area contributed by atoms with Crippen molar-refractivity contribution in [1.82, 2.24) is 0 Å². The molecule has 0 aromatic rings. The van der Waals surface area contributed by atoms with Gasteiger partial charge >= 0.3 is 0 Å². The van der Waals surface area contributed by atoms with Crippen LogP contribution in [0.5, 0.6) is 0 Å². The molecule has 0 amide bonds. The first kappa shape index (κ1) is 32.1. The van der Waals surface area contributed by atoms with Crippen molar-refractivity contribution in [2.45, 2.75) is 146 Å². The van der Waals surface area contributed by atoms with Gasteiger partial charge in [-0.2, -0.15) is 0 Å². The van der Waals surface area contributed by atoms with Crippen LogP contribution >= 0.6 is 0 Å². The Kier molecular flexibility index (Phi) is 9.34. The highest BCUT2D eigenvalue weighted by Gasteiger charge is 2.64. The highest BCUT2D eigenvalue weighted by molar-refractivity contribution is 6.00. The third kappa shape index (κ3) is 6.36. The molecule has 0 bridgehead atoms. The van der Waals surface area contributed by atoms with E-state index in [9.17, 15) is 19.8 Å². The molecule has 0 spiro atoms. The van der Waals surface area contributed by atoms with Crippen molar-refractivity contribution in [3.8, 4) is 0 Å². The van der Waals surface area contributed by atoms with E-state index >= 15 is 0 Å². The molecule has 37 heavy (non-hydrogen) atoms. The first-order valence-electron chi connectivity index (χ1n) is 14.8. The van der Waals surface area contributed by atoms with E-state index < -0.39 is 11.0 Å². The number of allylic oxidation sites excluding steroid dienone is 1. The Morgan fingerprint density at radius 1 is 1.00 bits per heavy atom. The molecule has 2 N–H and O–H groups in total. The highest BCUT2D eigenvalue weighted by atomic mass is 16.3.